The third kappa shape index (κ3) is 2.87. The first-order chi connectivity index (χ1) is 8.38. The van der Waals surface area contributed by atoms with E-state index >= 15 is 0 Å². The standard InChI is InChI=1S/C12H15F2NO2S/c1-8-2-3-15-12(7-18(8,16)17)9-4-10(13)6-11(14)5-9/h4-6,8,12,15H,2-3,7H2,1H3. The van der Waals surface area contributed by atoms with Gasteiger partial charge in [-0.2, -0.15) is 0 Å². The molecule has 2 rings (SSSR count). The zero-order valence-corrected chi connectivity index (χ0v) is 10.8. The van der Waals surface area contributed by atoms with Crippen LogP contribution in [-0.2, 0) is 9.84 Å². The highest BCUT2D eigenvalue weighted by Gasteiger charge is 2.29. The van der Waals surface area contributed by atoms with Gasteiger partial charge < -0.3 is 5.32 Å². The molecular formula is C12H15F2NO2S. The van der Waals surface area contributed by atoms with Gasteiger partial charge in [0.2, 0.25) is 0 Å². The van der Waals surface area contributed by atoms with Gasteiger partial charge in [0.15, 0.2) is 9.84 Å². The monoisotopic (exact) mass is 275 g/mol. The van der Waals surface area contributed by atoms with Gasteiger partial charge in [-0.15, -0.1) is 0 Å². The van der Waals surface area contributed by atoms with Crippen molar-refractivity contribution in [1.29, 1.82) is 0 Å². The van der Waals surface area contributed by atoms with Gasteiger partial charge >= 0.3 is 0 Å². The highest BCUT2D eigenvalue weighted by molar-refractivity contribution is 7.92. The molecule has 0 aromatic heterocycles. The first-order valence-corrected chi connectivity index (χ1v) is 7.51. The number of hydrogen-bond acceptors (Lipinski definition) is 3. The van der Waals surface area contributed by atoms with Gasteiger partial charge in [0.25, 0.3) is 0 Å². The maximum atomic E-state index is 13.1. The average molecular weight is 275 g/mol. The lowest BCUT2D eigenvalue weighted by Crippen LogP contribution is -2.26. The van der Waals surface area contributed by atoms with E-state index in [2.05, 4.69) is 5.32 Å². The molecule has 2 atom stereocenters. The summed E-state index contributed by atoms with van der Waals surface area (Å²) in [6.45, 7) is 2.18. The Bertz CT molecular complexity index is 525. The van der Waals surface area contributed by atoms with E-state index in [1.807, 2.05) is 0 Å². The Morgan fingerprint density at radius 1 is 1.22 bits per heavy atom. The first-order valence-electron chi connectivity index (χ1n) is 5.79. The van der Waals surface area contributed by atoms with Crippen molar-refractivity contribution in [3.8, 4) is 0 Å². The number of halogens is 2. The minimum absolute atomic E-state index is 0.128. The van der Waals surface area contributed by atoms with Gasteiger partial charge in [-0.05, 0) is 37.6 Å². The average Bonchev–Trinajstić information content (AvgIpc) is 2.37. The lowest BCUT2D eigenvalue weighted by atomic mass is 10.1. The van der Waals surface area contributed by atoms with Crippen LogP contribution in [0, 0.1) is 11.6 Å². The molecule has 6 heteroatoms. The fourth-order valence-electron chi connectivity index (χ4n) is 2.09. The summed E-state index contributed by atoms with van der Waals surface area (Å²) >= 11 is 0. The van der Waals surface area contributed by atoms with Crippen LogP contribution in [0.3, 0.4) is 0 Å². The molecule has 0 bridgehead atoms. The van der Waals surface area contributed by atoms with E-state index in [0.717, 1.165) is 6.07 Å². The van der Waals surface area contributed by atoms with E-state index in [9.17, 15) is 17.2 Å². The highest BCUT2D eigenvalue weighted by Crippen LogP contribution is 2.23. The Hall–Kier alpha value is -1.01. The zero-order valence-electron chi connectivity index (χ0n) is 9.99. The maximum absolute atomic E-state index is 13.1. The van der Waals surface area contributed by atoms with Gasteiger partial charge in [0.05, 0.1) is 11.0 Å². The predicted molar refractivity (Wildman–Crippen MR) is 65.0 cm³/mol. The summed E-state index contributed by atoms with van der Waals surface area (Å²) in [6.07, 6.45) is 0.511. The summed E-state index contributed by atoms with van der Waals surface area (Å²) < 4.78 is 50.1. The summed E-state index contributed by atoms with van der Waals surface area (Å²) in [5.74, 6) is -1.51. The molecule has 18 heavy (non-hydrogen) atoms. The van der Waals surface area contributed by atoms with E-state index < -0.39 is 32.8 Å². The molecular weight excluding hydrogens is 260 g/mol. The molecule has 0 saturated carbocycles. The van der Waals surface area contributed by atoms with Crippen LogP contribution in [0.25, 0.3) is 0 Å². The molecule has 1 heterocycles. The Kier molecular flexibility index (Phi) is 3.68. The van der Waals surface area contributed by atoms with Gasteiger partial charge in [-0.25, -0.2) is 17.2 Å². The fraction of sp³-hybridized carbons (Fsp3) is 0.500. The van der Waals surface area contributed by atoms with Crippen molar-refractivity contribution >= 4 is 9.84 Å². The number of hydrogen-bond donors (Lipinski definition) is 1. The lowest BCUT2D eigenvalue weighted by molar-refractivity contribution is 0.547. The second-order valence-corrected chi connectivity index (χ2v) is 7.10. The van der Waals surface area contributed by atoms with Gasteiger partial charge in [0.1, 0.15) is 11.6 Å². The number of benzene rings is 1. The van der Waals surface area contributed by atoms with Gasteiger partial charge in [-0.1, -0.05) is 0 Å². The minimum Gasteiger partial charge on any atom is -0.309 e. The molecule has 1 aromatic rings. The largest absolute Gasteiger partial charge is 0.309 e. The Morgan fingerprint density at radius 3 is 2.44 bits per heavy atom. The quantitative estimate of drug-likeness (QED) is 0.850. The number of rotatable bonds is 1. The van der Waals surface area contributed by atoms with Crippen LogP contribution in [0.5, 0.6) is 0 Å². The van der Waals surface area contributed by atoms with Crippen LogP contribution in [0.2, 0.25) is 0 Å². The Morgan fingerprint density at radius 2 is 1.83 bits per heavy atom. The van der Waals surface area contributed by atoms with Crippen molar-refractivity contribution in [1.82, 2.24) is 5.32 Å². The molecule has 1 fully saturated rings. The summed E-state index contributed by atoms with van der Waals surface area (Å²) in [6, 6.07) is 2.57. The zero-order chi connectivity index (χ0) is 13.3. The van der Waals surface area contributed by atoms with Crippen molar-refractivity contribution in [3.63, 3.8) is 0 Å². The van der Waals surface area contributed by atoms with Crippen LogP contribution in [-0.4, -0.2) is 26.0 Å². The molecule has 0 amide bonds. The first kappa shape index (κ1) is 13.4. The van der Waals surface area contributed by atoms with Crippen LogP contribution in [0.4, 0.5) is 8.78 Å². The molecule has 3 nitrogen and oxygen atoms in total. The van der Waals surface area contributed by atoms with Crippen molar-refractivity contribution < 1.29 is 17.2 Å². The van der Waals surface area contributed by atoms with Crippen LogP contribution in [0.15, 0.2) is 18.2 Å². The van der Waals surface area contributed by atoms with E-state index in [-0.39, 0.29) is 5.75 Å². The second-order valence-electron chi connectivity index (χ2n) is 4.64. The number of nitrogens with one attached hydrogen (secondary N) is 1. The third-order valence-corrected chi connectivity index (χ3v) is 5.50. The highest BCUT2D eigenvalue weighted by atomic mass is 32.2. The van der Waals surface area contributed by atoms with E-state index in [0.29, 0.717) is 18.5 Å². The molecule has 0 radical (unpaired) electrons. The van der Waals surface area contributed by atoms with Crippen molar-refractivity contribution in [2.45, 2.75) is 24.6 Å². The minimum atomic E-state index is -3.23. The Balaban J connectivity index is 2.33. The molecule has 1 aliphatic rings. The lowest BCUT2D eigenvalue weighted by Gasteiger charge is -2.16. The van der Waals surface area contributed by atoms with Crippen molar-refractivity contribution in [2.75, 3.05) is 12.3 Å². The van der Waals surface area contributed by atoms with E-state index in [1.54, 1.807) is 6.92 Å². The van der Waals surface area contributed by atoms with Crippen molar-refractivity contribution in [2.24, 2.45) is 0 Å². The molecule has 100 valence electrons. The van der Waals surface area contributed by atoms with Crippen LogP contribution >= 0.6 is 0 Å². The molecule has 0 spiro atoms. The fourth-order valence-corrected chi connectivity index (χ4v) is 3.67. The van der Waals surface area contributed by atoms with Crippen molar-refractivity contribution in [3.05, 3.63) is 35.4 Å². The molecule has 0 aliphatic carbocycles. The summed E-state index contributed by atoms with van der Waals surface area (Å²) in [5, 5.41) is 2.60. The molecule has 1 aromatic carbocycles. The smallest absolute Gasteiger partial charge is 0.154 e. The summed E-state index contributed by atoms with van der Waals surface area (Å²) in [5.41, 5.74) is 0.338. The Labute approximate surface area is 105 Å². The van der Waals surface area contributed by atoms with Crippen LogP contribution < -0.4 is 5.32 Å². The molecule has 2 unspecified atom stereocenters. The van der Waals surface area contributed by atoms with E-state index in [1.165, 1.54) is 12.1 Å². The normalized spacial score (nSPS) is 27.7. The van der Waals surface area contributed by atoms with Gasteiger partial charge in [-0.3, -0.25) is 0 Å². The van der Waals surface area contributed by atoms with E-state index in [4.69, 9.17) is 0 Å². The SMILES string of the molecule is CC1CCNC(c2cc(F)cc(F)c2)CS1(=O)=O. The predicted octanol–water partition coefficient (Wildman–Crippen LogP) is 1.80. The third-order valence-electron chi connectivity index (χ3n) is 3.24. The van der Waals surface area contributed by atoms with Gasteiger partial charge in [0, 0.05) is 12.1 Å². The second kappa shape index (κ2) is 4.93. The number of sulfone groups is 1. The summed E-state index contributed by atoms with van der Waals surface area (Å²) in [7, 11) is -3.23. The van der Waals surface area contributed by atoms with Crippen LogP contribution in [0.1, 0.15) is 24.9 Å². The maximum Gasteiger partial charge on any atom is 0.154 e. The molecule has 1 saturated heterocycles. The molecule has 1 N–H and O–H groups in total. The molecule has 1 aliphatic heterocycles. The summed E-state index contributed by atoms with van der Waals surface area (Å²) in [4.78, 5) is 0. The topological polar surface area (TPSA) is 46.2 Å².